The van der Waals surface area contributed by atoms with Gasteiger partial charge in [-0.25, -0.2) is 0 Å². The summed E-state index contributed by atoms with van der Waals surface area (Å²) in [6, 6.07) is 6.87. The van der Waals surface area contributed by atoms with Gasteiger partial charge in [0.2, 0.25) is 17.6 Å². The number of thiophene rings is 1. The summed E-state index contributed by atoms with van der Waals surface area (Å²) in [6.45, 7) is 5.70. The number of ether oxygens (including phenoxy) is 1. The maximum absolute atomic E-state index is 13.8. The number of carbonyl (C=O) groups excluding carboxylic acids is 2. The first-order valence-corrected chi connectivity index (χ1v) is 14.2. The molecule has 1 saturated carbocycles. The van der Waals surface area contributed by atoms with Crippen LogP contribution in [0.2, 0.25) is 0 Å². The molecular weight excluding hydrogens is 506 g/mol. The van der Waals surface area contributed by atoms with Gasteiger partial charge in [0, 0.05) is 37.1 Å². The maximum Gasteiger partial charge on any atom is 0.248 e. The van der Waals surface area contributed by atoms with E-state index in [0.717, 1.165) is 49.4 Å². The number of furan rings is 1. The summed E-state index contributed by atoms with van der Waals surface area (Å²) in [6.07, 6.45) is 5.38. The monoisotopic (exact) mass is 541 g/mol. The fourth-order valence-corrected chi connectivity index (χ4v) is 5.88. The number of rotatable bonds is 10. The first-order chi connectivity index (χ1) is 18.6. The predicted molar refractivity (Wildman–Crippen MR) is 141 cm³/mol. The summed E-state index contributed by atoms with van der Waals surface area (Å²) in [5.74, 6) is 1.18. The van der Waals surface area contributed by atoms with Gasteiger partial charge in [-0.3, -0.25) is 14.5 Å². The average molecular weight is 542 g/mol. The molecule has 1 N–H and O–H groups in total. The van der Waals surface area contributed by atoms with Crippen LogP contribution in [0.15, 0.2) is 34.1 Å². The first kappa shape index (κ1) is 26.5. The summed E-state index contributed by atoms with van der Waals surface area (Å²) in [5.41, 5.74) is 0. The fourth-order valence-electron chi connectivity index (χ4n) is 5.05. The Bertz CT molecular complexity index is 1180. The fraction of sp³-hybridized carbons (Fsp3) is 0.577. The van der Waals surface area contributed by atoms with Crippen molar-refractivity contribution in [3.8, 4) is 11.6 Å². The summed E-state index contributed by atoms with van der Waals surface area (Å²) < 4.78 is 11.1. The van der Waals surface area contributed by atoms with E-state index in [1.165, 1.54) is 22.6 Å². The number of carbonyl (C=O) groups is 2. The Labute approximate surface area is 226 Å². The number of amides is 2. The van der Waals surface area contributed by atoms with Crippen LogP contribution in [0.5, 0.6) is 0 Å². The molecule has 3 aromatic heterocycles. The highest BCUT2D eigenvalue weighted by atomic mass is 32.1. The number of nitrogens with one attached hydrogen (secondary N) is 1. The molecule has 12 heteroatoms. The molecule has 1 aliphatic heterocycles. The van der Waals surface area contributed by atoms with Crippen molar-refractivity contribution in [2.45, 2.75) is 57.7 Å². The molecule has 1 saturated heterocycles. The molecule has 2 fully saturated rings. The number of aromatic nitrogens is 4. The second-order valence-corrected chi connectivity index (χ2v) is 10.8. The molecule has 2 amide bonds. The minimum atomic E-state index is -0.721. The van der Waals surface area contributed by atoms with Crippen molar-refractivity contribution in [3.05, 3.63) is 40.3 Å². The molecule has 204 valence electrons. The van der Waals surface area contributed by atoms with Gasteiger partial charge in [-0.2, -0.15) is 4.80 Å². The van der Waals surface area contributed by atoms with Crippen LogP contribution in [0, 0.1) is 6.92 Å². The maximum atomic E-state index is 13.8. The van der Waals surface area contributed by atoms with Crippen LogP contribution in [0.1, 0.15) is 48.8 Å². The smallest absolute Gasteiger partial charge is 0.248 e. The third kappa shape index (κ3) is 6.66. The normalized spacial score (nSPS) is 17.8. The zero-order valence-electron chi connectivity index (χ0n) is 21.8. The molecule has 0 bridgehead atoms. The number of aryl methyl sites for hydroxylation is 1. The highest BCUT2D eigenvalue weighted by Crippen LogP contribution is 2.28. The highest BCUT2D eigenvalue weighted by Gasteiger charge is 2.34. The standard InChI is InChI=1S/C26H35N7O4S/c1-19-9-10-21(37-19)25-28-30-33(29-25)18-23(34)32(12-11-31-13-15-36-16-14-31)24(22-8-5-17-38-22)26(35)27-20-6-3-2-4-7-20/h5,8-10,17,20,24H,2-4,6-7,11-16,18H2,1H3,(H,27,35)/t24-/m0/s1. The molecule has 1 aliphatic carbocycles. The Morgan fingerprint density at radius 2 is 2.00 bits per heavy atom. The Morgan fingerprint density at radius 3 is 2.71 bits per heavy atom. The summed E-state index contributed by atoms with van der Waals surface area (Å²) in [5, 5.41) is 17.7. The van der Waals surface area contributed by atoms with E-state index in [1.807, 2.05) is 30.5 Å². The van der Waals surface area contributed by atoms with Crippen LogP contribution in [-0.4, -0.2) is 87.3 Å². The van der Waals surface area contributed by atoms with Gasteiger partial charge in [-0.15, -0.1) is 21.5 Å². The molecule has 0 unspecified atom stereocenters. The van der Waals surface area contributed by atoms with E-state index in [9.17, 15) is 9.59 Å². The molecule has 4 heterocycles. The van der Waals surface area contributed by atoms with Gasteiger partial charge in [-0.1, -0.05) is 25.3 Å². The van der Waals surface area contributed by atoms with E-state index >= 15 is 0 Å². The van der Waals surface area contributed by atoms with Crippen molar-refractivity contribution in [2.75, 3.05) is 39.4 Å². The van der Waals surface area contributed by atoms with Gasteiger partial charge in [0.05, 0.1) is 13.2 Å². The minimum Gasteiger partial charge on any atom is -0.458 e. The van der Waals surface area contributed by atoms with Crippen LogP contribution in [0.4, 0.5) is 0 Å². The number of hydrogen-bond acceptors (Lipinski definition) is 9. The van der Waals surface area contributed by atoms with Crippen molar-refractivity contribution in [1.29, 1.82) is 0 Å². The lowest BCUT2D eigenvalue weighted by Crippen LogP contribution is -2.50. The SMILES string of the molecule is Cc1ccc(-c2nnn(CC(=O)N(CCN3CCOCC3)[C@H](C(=O)NC3CCCCC3)c3cccs3)n2)o1. The second-order valence-electron chi connectivity index (χ2n) is 9.86. The van der Waals surface area contributed by atoms with Crippen molar-refractivity contribution in [1.82, 2.24) is 35.3 Å². The molecule has 3 aromatic rings. The van der Waals surface area contributed by atoms with E-state index in [-0.39, 0.29) is 24.4 Å². The molecule has 0 spiro atoms. The van der Waals surface area contributed by atoms with Crippen molar-refractivity contribution in [3.63, 3.8) is 0 Å². The van der Waals surface area contributed by atoms with Crippen molar-refractivity contribution < 1.29 is 18.7 Å². The lowest BCUT2D eigenvalue weighted by molar-refractivity contribution is -0.142. The van der Waals surface area contributed by atoms with Gasteiger partial charge >= 0.3 is 0 Å². The van der Waals surface area contributed by atoms with E-state index < -0.39 is 6.04 Å². The summed E-state index contributed by atoms with van der Waals surface area (Å²) in [4.78, 5) is 33.6. The van der Waals surface area contributed by atoms with E-state index in [1.54, 1.807) is 11.0 Å². The number of morpholine rings is 1. The Balaban J connectivity index is 1.36. The quantitative estimate of drug-likeness (QED) is 0.416. The van der Waals surface area contributed by atoms with E-state index in [4.69, 9.17) is 9.15 Å². The second kappa shape index (κ2) is 12.6. The van der Waals surface area contributed by atoms with Gasteiger partial charge < -0.3 is 19.4 Å². The molecule has 0 radical (unpaired) electrons. The van der Waals surface area contributed by atoms with Crippen LogP contribution in [-0.2, 0) is 20.9 Å². The first-order valence-electron chi connectivity index (χ1n) is 13.3. The van der Waals surface area contributed by atoms with Crippen molar-refractivity contribution in [2.24, 2.45) is 0 Å². The molecular formula is C26H35N7O4S. The van der Waals surface area contributed by atoms with Gasteiger partial charge in [0.15, 0.2) is 5.76 Å². The molecule has 1 atom stereocenters. The van der Waals surface area contributed by atoms with Gasteiger partial charge in [0.1, 0.15) is 18.3 Å². The lowest BCUT2D eigenvalue weighted by Gasteiger charge is -2.35. The molecule has 5 rings (SSSR count). The Morgan fingerprint density at radius 1 is 1.18 bits per heavy atom. The van der Waals surface area contributed by atoms with E-state index in [0.29, 0.717) is 37.9 Å². The molecule has 11 nitrogen and oxygen atoms in total. The third-order valence-corrected chi connectivity index (χ3v) is 8.02. The zero-order valence-corrected chi connectivity index (χ0v) is 22.6. The van der Waals surface area contributed by atoms with Crippen molar-refractivity contribution >= 4 is 23.2 Å². The molecule has 0 aromatic carbocycles. The predicted octanol–water partition coefficient (Wildman–Crippen LogP) is 2.65. The van der Waals surface area contributed by atoms with Crippen LogP contribution < -0.4 is 5.32 Å². The third-order valence-electron chi connectivity index (χ3n) is 7.10. The van der Waals surface area contributed by atoms with Crippen LogP contribution in [0.3, 0.4) is 0 Å². The zero-order chi connectivity index (χ0) is 26.3. The number of tetrazole rings is 1. The minimum absolute atomic E-state index is 0.131. The van der Waals surface area contributed by atoms with Crippen LogP contribution >= 0.6 is 11.3 Å². The number of hydrogen-bond donors (Lipinski definition) is 1. The molecule has 38 heavy (non-hydrogen) atoms. The number of nitrogens with zero attached hydrogens (tertiary/aromatic N) is 6. The summed E-state index contributed by atoms with van der Waals surface area (Å²) in [7, 11) is 0. The average Bonchev–Trinajstić information content (AvgIpc) is 3.70. The van der Waals surface area contributed by atoms with Gasteiger partial charge in [-0.05, 0) is 48.6 Å². The summed E-state index contributed by atoms with van der Waals surface area (Å²) >= 11 is 1.49. The largest absolute Gasteiger partial charge is 0.458 e. The van der Waals surface area contributed by atoms with Gasteiger partial charge in [0.25, 0.3) is 0 Å². The van der Waals surface area contributed by atoms with Crippen LogP contribution in [0.25, 0.3) is 11.6 Å². The Hall–Kier alpha value is -3.09. The topological polar surface area (TPSA) is 119 Å². The lowest BCUT2D eigenvalue weighted by atomic mass is 9.95. The highest BCUT2D eigenvalue weighted by molar-refractivity contribution is 7.10. The Kier molecular flexibility index (Phi) is 8.82. The molecule has 2 aliphatic rings. The van der Waals surface area contributed by atoms with E-state index in [2.05, 4.69) is 25.6 Å².